The van der Waals surface area contributed by atoms with Crippen molar-refractivity contribution in [2.24, 2.45) is 7.05 Å². The molecule has 0 radical (unpaired) electrons. The summed E-state index contributed by atoms with van der Waals surface area (Å²) in [5.41, 5.74) is 3.93. The normalized spacial score (nSPS) is 20.7. The summed E-state index contributed by atoms with van der Waals surface area (Å²) in [5.74, 6) is 0. The number of hydrogen-bond acceptors (Lipinski definition) is 1. The highest BCUT2D eigenvalue weighted by Gasteiger charge is 2.14. The van der Waals surface area contributed by atoms with E-state index in [2.05, 4.69) is 24.2 Å². The van der Waals surface area contributed by atoms with Gasteiger partial charge in [-0.3, -0.25) is 4.68 Å². The molecule has 0 saturated heterocycles. The second kappa shape index (κ2) is 4.40. The van der Waals surface area contributed by atoms with Gasteiger partial charge in [-0.05, 0) is 25.3 Å². The van der Waals surface area contributed by atoms with E-state index >= 15 is 0 Å². The van der Waals surface area contributed by atoms with Crippen LogP contribution in [0.4, 0.5) is 0 Å². The van der Waals surface area contributed by atoms with Crippen molar-refractivity contribution in [1.82, 2.24) is 9.78 Å². The first-order valence-corrected chi connectivity index (χ1v) is 5.98. The summed E-state index contributed by atoms with van der Waals surface area (Å²) in [6.07, 6.45) is 6.44. The molecule has 15 heavy (non-hydrogen) atoms. The zero-order chi connectivity index (χ0) is 10.8. The molecule has 1 aromatic heterocycles. The van der Waals surface area contributed by atoms with E-state index in [4.69, 9.17) is 11.6 Å². The molecule has 0 bridgehead atoms. The highest BCUT2D eigenvalue weighted by molar-refractivity contribution is 6.22. The third-order valence-electron chi connectivity index (χ3n) is 2.96. The van der Waals surface area contributed by atoms with Crippen molar-refractivity contribution in [3.05, 3.63) is 29.1 Å². The van der Waals surface area contributed by atoms with Crippen LogP contribution in [0.5, 0.6) is 0 Å². The summed E-state index contributed by atoms with van der Waals surface area (Å²) < 4.78 is 1.99. The lowest BCUT2D eigenvalue weighted by Crippen LogP contribution is -1.99. The van der Waals surface area contributed by atoms with Crippen LogP contribution in [0.2, 0.25) is 0 Å². The Balaban J connectivity index is 2.10. The highest BCUT2D eigenvalue weighted by atomic mass is 35.5. The standard InChI is InChI=1S/C12H17ClN2/c1-3-11-8-12(15(2)14-11)7-9-4-5-10(13)6-9/h6,8,10H,3-5,7H2,1-2H3. The molecular weight excluding hydrogens is 208 g/mol. The second-order valence-corrected chi connectivity index (χ2v) is 4.72. The first kappa shape index (κ1) is 10.7. The van der Waals surface area contributed by atoms with Gasteiger partial charge in [-0.15, -0.1) is 11.6 Å². The minimum absolute atomic E-state index is 0.249. The first-order valence-electron chi connectivity index (χ1n) is 5.54. The van der Waals surface area contributed by atoms with Gasteiger partial charge >= 0.3 is 0 Å². The lowest BCUT2D eigenvalue weighted by Gasteiger charge is -2.01. The van der Waals surface area contributed by atoms with Gasteiger partial charge in [0.05, 0.1) is 11.1 Å². The predicted molar refractivity (Wildman–Crippen MR) is 63.2 cm³/mol. The predicted octanol–water partition coefficient (Wildman–Crippen LogP) is 2.85. The molecule has 82 valence electrons. The Morgan fingerprint density at radius 2 is 2.40 bits per heavy atom. The van der Waals surface area contributed by atoms with Crippen molar-refractivity contribution < 1.29 is 0 Å². The fraction of sp³-hybridized carbons (Fsp3) is 0.583. The molecule has 3 heteroatoms. The molecule has 0 N–H and O–H groups in total. The van der Waals surface area contributed by atoms with Gasteiger partial charge < -0.3 is 0 Å². The van der Waals surface area contributed by atoms with E-state index in [0.29, 0.717) is 0 Å². The Morgan fingerprint density at radius 3 is 2.93 bits per heavy atom. The molecule has 1 heterocycles. The largest absolute Gasteiger partial charge is 0.272 e. The summed E-state index contributed by atoms with van der Waals surface area (Å²) >= 11 is 6.05. The average Bonchev–Trinajstić information content (AvgIpc) is 2.75. The fourth-order valence-corrected chi connectivity index (χ4v) is 2.32. The number of allylic oxidation sites excluding steroid dienone is 2. The molecule has 0 aliphatic heterocycles. The van der Waals surface area contributed by atoms with Crippen molar-refractivity contribution >= 4 is 11.6 Å². The zero-order valence-electron chi connectivity index (χ0n) is 9.33. The summed E-state index contributed by atoms with van der Waals surface area (Å²) in [6.45, 7) is 2.13. The monoisotopic (exact) mass is 224 g/mol. The molecule has 0 fully saturated rings. The van der Waals surface area contributed by atoms with Gasteiger partial charge in [0, 0.05) is 19.2 Å². The number of aryl methyl sites for hydroxylation is 2. The maximum absolute atomic E-state index is 6.05. The zero-order valence-corrected chi connectivity index (χ0v) is 10.1. The third-order valence-corrected chi connectivity index (χ3v) is 3.30. The Kier molecular flexibility index (Phi) is 3.15. The van der Waals surface area contributed by atoms with Gasteiger partial charge in [0.25, 0.3) is 0 Å². The third kappa shape index (κ3) is 2.43. The molecule has 1 aliphatic rings. The molecule has 2 rings (SSSR count). The lowest BCUT2D eigenvalue weighted by atomic mass is 10.1. The van der Waals surface area contributed by atoms with Crippen LogP contribution in [-0.2, 0) is 19.9 Å². The summed E-state index contributed by atoms with van der Waals surface area (Å²) in [5, 5.41) is 4.70. The van der Waals surface area contributed by atoms with E-state index < -0.39 is 0 Å². The van der Waals surface area contributed by atoms with E-state index in [9.17, 15) is 0 Å². The van der Waals surface area contributed by atoms with Crippen LogP contribution in [0.15, 0.2) is 17.7 Å². The minimum Gasteiger partial charge on any atom is -0.272 e. The number of hydrogen-bond donors (Lipinski definition) is 0. The first-order chi connectivity index (χ1) is 7.19. The minimum atomic E-state index is 0.249. The maximum Gasteiger partial charge on any atom is 0.0624 e. The molecule has 1 aromatic rings. The summed E-state index contributed by atoms with van der Waals surface area (Å²) in [4.78, 5) is 0. The van der Waals surface area contributed by atoms with Gasteiger partial charge in [0.15, 0.2) is 0 Å². The van der Waals surface area contributed by atoms with Crippen LogP contribution >= 0.6 is 11.6 Å². The van der Waals surface area contributed by atoms with Gasteiger partial charge in [-0.2, -0.15) is 5.10 Å². The van der Waals surface area contributed by atoms with Crippen LogP contribution in [0.25, 0.3) is 0 Å². The number of halogens is 1. The molecule has 0 amide bonds. The number of rotatable bonds is 3. The van der Waals surface area contributed by atoms with Gasteiger partial charge in [-0.1, -0.05) is 18.6 Å². The molecule has 0 aromatic carbocycles. The van der Waals surface area contributed by atoms with Gasteiger partial charge in [0.1, 0.15) is 0 Å². The Bertz CT molecular complexity index is 379. The van der Waals surface area contributed by atoms with Crippen molar-refractivity contribution in [2.45, 2.75) is 38.0 Å². The SMILES string of the molecule is CCc1cc(CC2=CC(Cl)CC2)n(C)n1. The van der Waals surface area contributed by atoms with Crippen LogP contribution in [0.1, 0.15) is 31.2 Å². The summed E-state index contributed by atoms with van der Waals surface area (Å²) in [7, 11) is 2.02. The van der Waals surface area contributed by atoms with Crippen LogP contribution in [-0.4, -0.2) is 15.2 Å². The molecule has 0 spiro atoms. The van der Waals surface area contributed by atoms with Crippen molar-refractivity contribution in [1.29, 1.82) is 0 Å². The smallest absolute Gasteiger partial charge is 0.0624 e. The lowest BCUT2D eigenvalue weighted by molar-refractivity contribution is 0.704. The molecule has 1 unspecified atom stereocenters. The second-order valence-electron chi connectivity index (χ2n) is 4.16. The Hall–Kier alpha value is -0.760. The van der Waals surface area contributed by atoms with E-state index in [1.165, 1.54) is 17.0 Å². The topological polar surface area (TPSA) is 17.8 Å². The summed E-state index contributed by atoms with van der Waals surface area (Å²) in [6, 6.07) is 2.20. The number of aromatic nitrogens is 2. The van der Waals surface area contributed by atoms with Crippen molar-refractivity contribution in [3.8, 4) is 0 Å². The average molecular weight is 225 g/mol. The van der Waals surface area contributed by atoms with Gasteiger partial charge in [0.2, 0.25) is 0 Å². The number of alkyl halides is 1. The van der Waals surface area contributed by atoms with Crippen LogP contribution < -0.4 is 0 Å². The molecular formula is C12H17ClN2. The molecule has 2 nitrogen and oxygen atoms in total. The number of nitrogens with zero attached hydrogens (tertiary/aromatic N) is 2. The Morgan fingerprint density at radius 1 is 1.60 bits per heavy atom. The van der Waals surface area contributed by atoms with Crippen molar-refractivity contribution in [3.63, 3.8) is 0 Å². The van der Waals surface area contributed by atoms with E-state index in [1.54, 1.807) is 0 Å². The van der Waals surface area contributed by atoms with Crippen LogP contribution in [0, 0.1) is 0 Å². The van der Waals surface area contributed by atoms with Crippen molar-refractivity contribution in [2.75, 3.05) is 0 Å². The van der Waals surface area contributed by atoms with Crippen LogP contribution in [0.3, 0.4) is 0 Å². The van der Waals surface area contributed by atoms with E-state index in [-0.39, 0.29) is 5.38 Å². The highest BCUT2D eigenvalue weighted by Crippen LogP contribution is 2.25. The van der Waals surface area contributed by atoms with E-state index in [0.717, 1.165) is 25.7 Å². The molecule has 1 aliphatic carbocycles. The fourth-order valence-electron chi connectivity index (χ4n) is 2.04. The molecule has 0 saturated carbocycles. The Labute approximate surface area is 95.9 Å². The quantitative estimate of drug-likeness (QED) is 0.570. The maximum atomic E-state index is 6.05. The van der Waals surface area contributed by atoms with E-state index in [1.807, 2.05) is 11.7 Å². The molecule has 1 atom stereocenters. The van der Waals surface area contributed by atoms with Gasteiger partial charge in [-0.25, -0.2) is 0 Å².